The average molecular weight is 453 g/mol. The third-order valence-electron chi connectivity index (χ3n) is 5.35. The maximum Gasteiger partial charge on any atom is 0.242 e. The van der Waals surface area contributed by atoms with E-state index in [2.05, 4.69) is 5.32 Å². The van der Waals surface area contributed by atoms with E-state index in [0.717, 1.165) is 16.7 Å². The van der Waals surface area contributed by atoms with Gasteiger partial charge in [0.05, 0.1) is 0 Å². The number of rotatable bonds is 9. The lowest BCUT2D eigenvalue weighted by Gasteiger charge is -2.31. The zero-order chi connectivity index (χ0) is 22.9. The summed E-state index contributed by atoms with van der Waals surface area (Å²) in [4.78, 5) is 27.8. The number of carbonyl (C=O) groups excluding carboxylic acids is 2. The van der Waals surface area contributed by atoms with Gasteiger partial charge in [-0.15, -0.1) is 0 Å². The van der Waals surface area contributed by atoms with Crippen molar-refractivity contribution in [3.63, 3.8) is 0 Å². The van der Waals surface area contributed by atoms with Crippen LogP contribution in [0.25, 0.3) is 0 Å². The molecule has 0 radical (unpaired) electrons. The summed E-state index contributed by atoms with van der Waals surface area (Å²) in [7, 11) is 1.56. The molecule has 1 atom stereocenters. The molecule has 0 spiro atoms. The van der Waals surface area contributed by atoms with Gasteiger partial charge in [-0.3, -0.25) is 9.59 Å². The molecular weight excluding hydrogens is 427 g/mol. The van der Waals surface area contributed by atoms with Gasteiger partial charge in [0.15, 0.2) is 0 Å². The molecule has 0 aliphatic heterocycles. The van der Waals surface area contributed by atoms with Crippen LogP contribution >= 0.6 is 11.6 Å². The lowest BCUT2D eigenvalue weighted by Crippen LogP contribution is -2.49. The smallest absolute Gasteiger partial charge is 0.242 e. The number of halogens is 2. The molecule has 0 bridgehead atoms. The molecule has 1 N–H and O–H groups in total. The molecule has 3 aromatic rings. The van der Waals surface area contributed by atoms with E-state index in [1.54, 1.807) is 30.1 Å². The molecule has 166 valence electrons. The van der Waals surface area contributed by atoms with Gasteiger partial charge in [-0.2, -0.15) is 0 Å². The lowest BCUT2D eigenvalue weighted by atomic mass is 10.0. The molecule has 6 heteroatoms. The number of likely N-dealkylation sites (N-methyl/N-ethyl adjacent to an activating group) is 1. The highest BCUT2D eigenvalue weighted by molar-refractivity contribution is 6.31. The number of amides is 2. The number of carbonyl (C=O) groups is 2. The van der Waals surface area contributed by atoms with Crippen molar-refractivity contribution in [1.29, 1.82) is 0 Å². The van der Waals surface area contributed by atoms with Crippen LogP contribution in [0.2, 0.25) is 5.02 Å². The van der Waals surface area contributed by atoms with Gasteiger partial charge < -0.3 is 10.2 Å². The molecule has 3 rings (SSSR count). The zero-order valence-corrected chi connectivity index (χ0v) is 18.7. The van der Waals surface area contributed by atoms with Crippen molar-refractivity contribution < 1.29 is 14.0 Å². The van der Waals surface area contributed by atoms with Gasteiger partial charge in [0.2, 0.25) is 11.8 Å². The number of benzene rings is 3. The fraction of sp³-hybridized carbons (Fsp3) is 0.231. The molecule has 0 saturated heterocycles. The Morgan fingerprint density at radius 3 is 2.25 bits per heavy atom. The molecule has 0 aromatic heterocycles. The summed E-state index contributed by atoms with van der Waals surface area (Å²) in [5, 5.41) is 3.29. The van der Waals surface area contributed by atoms with E-state index in [0.29, 0.717) is 17.9 Å². The molecule has 0 aliphatic carbocycles. The second-order valence-electron chi connectivity index (χ2n) is 7.56. The Morgan fingerprint density at radius 1 is 0.938 bits per heavy atom. The van der Waals surface area contributed by atoms with Crippen LogP contribution in [0.1, 0.15) is 23.1 Å². The van der Waals surface area contributed by atoms with Crippen molar-refractivity contribution in [2.45, 2.75) is 31.8 Å². The third-order valence-corrected chi connectivity index (χ3v) is 5.72. The fourth-order valence-electron chi connectivity index (χ4n) is 3.59. The molecular formula is C26H26ClFN2O2. The molecule has 0 fully saturated rings. The van der Waals surface area contributed by atoms with Crippen LogP contribution in [0.15, 0.2) is 78.9 Å². The summed E-state index contributed by atoms with van der Waals surface area (Å²) in [6, 6.07) is 22.2. The van der Waals surface area contributed by atoms with Gasteiger partial charge in [0.25, 0.3) is 0 Å². The molecule has 32 heavy (non-hydrogen) atoms. The largest absolute Gasteiger partial charge is 0.357 e. The van der Waals surface area contributed by atoms with Crippen molar-refractivity contribution in [3.05, 3.63) is 106 Å². The second-order valence-corrected chi connectivity index (χ2v) is 7.97. The Hall–Kier alpha value is -3.18. The topological polar surface area (TPSA) is 49.4 Å². The molecule has 0 aliphatic rings. The molecule has 0 unspecified atom stereocenters. The van der Waals surface area contributed by atoms with Crippen molar-refractivity contribution in [1.82, 2.24) is 10.2 Å². The third kappa shape index (κ3) is 6.41. The van der Waals surface area contributed by atoms with E-state index in [4.69, 9.17) is 11.6 Å². The molecule has 0 saturated carbocycles. The summed E-state index contributed by atoms with van der Waals surface area (Å²) in [6.07, 6.45) is 1.04. The van der Waals surface area contributed by atoms with E-state index < -0.39 is 6.04 Å². The monoisotopic (exact) mass is 452 g/mol. The van der Waals surface area contributed by atoms with Gasteiger partial charge in [-0.05, 0) is 41.3 Å². The van der Waals surface area contributed by atoms with Crippen LogP contribution < -0.4 is 5.32 Å². The standard InChI is InChI=1S/C26H26ClFN2O2/c1-29-26(32)24(17-19-7-3-2-4-8-19)30(18-20-11-14-22(28)15-12-20)25(31)16-13-21-9-5-6-10-23(21)27/h2-12,14-15,24H,13,16-18H2,1H3,(H,29,32)/t24-/m0/s1. The summed E-state index contributed by atoms with van der Waals surface area (Å²) < 4.78 is 13.4. The predicted molar refractivity (Wildman–Crippen MR) is 125 cm³/mol. The Bertz CT molecular complexity index is 1040. The highest BCUT2D eigenvalue weighted by Crippen LogP contribution is 2.20. The predicted octanol–water partition coefficient (Wildman–Crippen LogP) is 4.80. The molecule has 4 nitrogen and oxygen atoms in total. The van der Waals surface area contributed by atoms with Crippen molar-refractivity contribution >= 4 is 23.4 Å². The first kappa shape index (κ1) is 23.5. The Labute approximate surface area is 193 Å². The van der Waals surface area contributed by atoms with Crippen LogP contribution in [0.3, 0.4) is 0 Å². The molecule has 3 aromatic carbocycles. The molecule has 0 heterocycles. The van der Waals surface area contributed by atoms with E-state index >= 15 is 0 Å². The number of aryl methyl sites for hydroxylation is 1. The van der Waals surface area contributed by atoms with Gasteiger partial charge in [0, 0.05) is 31.5 Å². The van der Waals surface area contributed by atoms with E-state index in [-0.39, 0.29) is 30.6 Å². The minimum Gasteiger partial charge on any atom is -0.357 e. The normalized spacial score (nSPS) is 11.6. The van der Waals surface area contributed by atoms with Crippen LogP contribution in [0, 0.1) is 5.82 Å². The summed E-state index contributed by atoms with van der Waals surface area (Å²) >= 11 is 6.25. The van der Waals surface area contributed by atoms with Gasteiger partial charge in [-0.25, -0.2) is 4.39 Å². The van der Waals surface area contributed by atoms with Crippen molar-refractivity contribution in [3.8, 4) is 0 Å². The second kappa shape index (κ2) is 11.4. The van der Waals surface area contributed by atoms with Crippen LogP contribution in [0.4, 0.5) is 4.39 Å². The van der Waals surface area contributed by atoms with E-state index in [9.17, 15) is 14.0 Å². The molecule has 2 amide bonds. The number of hydrogen-bond acceptors (Lipinski definition) is 2. The number of nitrogens with one attached hydrogen (secondary N) is 1. The van der Waals surface area contributed by atoms with Crippen LogP contribution in [-0.4, -0.2) is 29.8 Å². The first-order chi connectivity index (χ1) is 15.5. The van der Waals surface area contributed by atoms with E-state index in [1.807, 2.05) is 48.5 Å². The lowest BCUT2D eigenvalue weighted by molar-refractivity contribution is -0.141. The maximum absolute atomic E-state index is 13.4. The Balaban J connectivity index is 1.87. The minimum absolute atomic E-state index is 0.168. The highest BCUT2D eigenvalue weighted by atomic mass is 35.5. The fourth-order valence-corrected chi connectivity index (χ4v) is 3.82. The summed E-state index contributed by atoms with van der Waals surface area (Å²) in [5.41, 5.74) is 2.58. The summed E-state index contributed by atoms with van der Waals surface area (Å²) in [5.74, 6) is -0.765. The SMILES string of the molecule is CNC(=O)[C@H](Cc1ccccc1)N(Cc1ccc(F)cc1)C(=O)CCc1ccccc1Cl. The van der Waals surface area contributed by atoms with Crippen molar-refractivity contribution in [2.75, 3.05) is 7.05 Å². The first-order valence-electron chi connectivity index (χ1n) is 10.5. The van der Waals surface area contributed by atoms with Crippen LogP contribution in [-0.2, 0) is 29.0 Å². The zero-order valence-electron chi connectivity index (χ0n) is 17.9. The average Bonchev–Trinajstić information content (AvgIpc) is 2.82. The highest BCUT2D eigenvalue weighted by Gasteiger charge is 2.29. The summed E-state index contributed by atoms with van der Waals surface area (Å²) in [6.45, 7) is 0.201. The van der Waals surface area contributed by atoms with E-state index in [1.165, 1.54) is 12.1 Å². The van der Waals surface area contributed by atoms with Gasteiger partial charge in [0.1, 0.15) is 11.9 Å². The minimum atomic E-state index is -0.703. The first-order valence-corrected chi connectivity index (χ1v) is 10.9. The van der Waals surface area contributed by atoms with Gasteiger partial charge in [-0.1, -0.05) is 72.3 Å². The Morgan fingerprint density at radius 2 is 1.59 bits per heavy atom. The maximum atomic E-state index is 13.4. The van der Waals surface area contributed by atoms with Crippen molar-refractivity contribution in [2.24, 2.45) is 0 Å². The quantitative estimate of drug-likeness (QED) is 0.507. The van der Waals surface area contributed by atoms with Gasteiger partial charge >= 0.3 is 0 Å². The number of nitrogens with zero attached hydrogens (tertiary/aromatic N) is 1. The van der Waals surface area contributed by atoms with Crippen LogP contribution in [0.5, 0.6) is 0 Å². The Kier molecular flexibility index (Phi) is 8.40. The number of hydrogen-bond donors (Lipinski definition) is 1.